The zero-order valence-electron chi connectivity index (χ0n) is 20.4. The van der Waals surface area contributed by atoms with E-state index >= 15 is 0 Å². The van der Waals surface area contributed by atoms with Gasteiger partial charge in [-0.15, -0.1) is 0 Å². The number of carbonyl (C=O) groups excluding carboxylic acids is 4. The van der Waals surface area contributed by atoms with Crippen LogP contribution in [0.15, 0.2) is 0 Å². The van der Waals surface area contributed by atoms with Crippen molar-refractivity contribution in [3.63, 3.8) is 0 Å². The topological polar surface area (TPSA) is 197 Å². The molecule has 2 unspecified atom stereocenters. The lowest BCUT2D eigenvalue weighted by Gasteiger charge is -2.14. The number of hydrogen-bond acceptors (Lipinski definition) is 8. The van der Waals surface area contributed by atoms with Crippen LogP contribution in [0, 0.1) is 0 Å². The van der Waals surface area contributed by atoms with E-state index in [0.717, 1.165) is 0 Å². The Morgan fingerprint density at radius 1 is 0.778 bits per heavy atom. The van der Waals surface area contributed by atoms with E-state index in [1.54, 1.807) is 0 Å². The van der Waals surface area contributed by atoms with Crippen LogP contribution in [0.1, 0.15) is 51.9 Å². The number of nitrogens with one attached hydrogen (secondary N) is 3. The van der Waals surface area contributed by atoms with Crippen molar-refractivity contribution < 1.29 is 48.5 Å². The minimum atomic E-state index is -1.19. The molecule has 0 rings (SSSR count). The number of Topliss-reactive ketones (excluding diaryl/α,β-unsaturated/α-hetero) is 1. The molecule has 0 heterocycles. The molecule has 0 saturated heterocycles. The smallest absolute Gasteiger partial charge is 0.326 e. The molecule has 0 fully saturated rings. The van der Waals surface area contributed by atoms with Gasteiger partial charge in [0.1, 0.15) is 24.5 Å². The number of ketones is 1. The van der Waals surface area contributed by atoms with E-state index < -0.39 is 35.8 Å². The zero-order valence-corrected chi connectivity index (χ0v) is 22.0. The molecule has 0 aromatic rings. The van der Waals surface area contributed by atoms with Crippen LogP contribution in [-0.2, 0) is 38.2 Å². The van der Waals surface area contributed by atoms with Gasteiger partial charge < -0.3 is 35.6 Å². The number of alkyl halides is 1. The molecule has 0 saturated carbocycles. The number of unbranched alkanes of at least 4 members (excludes halogenated alkanes) is 1. The molecule has 0 spiro atoms. The number of amides is 3. The Balaban J connectivity index is 3.87. The van der Waals surface area contributed by atoms with Gasteiger partial charge in [0.05, 0.1) is 18.5 Å². The normalized spacial score (nSPS) is 12.3. The second-order valence-corrected chi connectivity index (χ2v) is 8.44. The fourth-order valence-corrected chi connectivity index (χ4v) is 3.13. The summed E-state index contributed by atoms with van der Waals surface area (Å²) in [6.07, 6.45) is 1.98. The van der Waals surface area contributed by atoms with Crippen LogP contribution >= 0.6 is 15.9 Å². The molecule has 0 aliphatic carbocycles. The number of carboxylic acid groups (broad SMARTS) is 2. The third-order valence-electron chi connectivity index (χ3n) is 4.73. The summed E-state index contributed by atoms with van der Waals surface area (Å²) in [5.41, 5.74) is 0. The Morgan fingerprint density at radius 3 is 2.03 bits per heavy atom. The van der Waals surface area contributed by atoms with Gasteiger partial charge in [0.15, 0.2) is 0 Å². The molecule has 206 valence electrons. The maximum Gasteiger partial charge on any atom is 0.326 e. The third kappa shape index (κ3) is 18.7. The summed E-state index contributed by atoms with van der Waals surface area (Å²) >= 11 is 3.02. The van der Waals surface area contributed by atoms with E-state index in [9.17, 15) is 33.9 Å². The van der Waals surface area contributed by atoms with Crippen molar-refractivity contribution in [1.29, 1.82) is 0 Å². The fourth-order valence-electron chi connectivity index (χ4n) is 2.93. The third-order valence-corrected chi connectivity index (χ3v) is 5.24. The SMILES string of the molecule is CC(=O)NC(CCC(=O)CCCOCCOCC(=O)NC(CCCCNC(=O)CBr)C(=O)O)C(=O)O. The molecular formula is C22H36BrN3O10. The lowest BCUT2D eigenvalue weighted by atomic mass is 10.1. The Labute approximate surface area is 218 Å². The first-order valence-corrected chi connectivity index (χ1v) is 12.7. The largest absolute Gasteiger partial charge is 0.480 e. The van der Waals surface area contributed by atoms with Crippen molar-refractivity contribution >= 4 is 51.4 Å². The summed E-state index contributed by atoms with van der Waals surface area (Å²) in [7, 11) is 0. The van der Waals surface area contributed by atoms with Crippen molar-refractivity contribution in [3.05, 3.63) is 0 Å². The van der Waals surface area contributed by atoms with E-state index in [2.05, 4.69) is 31.9 Å². The summed E-state index contributed by atoms with van der Waals surface area (Å²) < 4.78 is 10.5. The molecule has 2 atom stereocenters. The summed E-state index contributed by atoms with van der Waals surface area (Å²) in [5, 5.41) is 25.8. The highest BCUT2D eigenvalue weighted by Gasteiger charge is 2.20. The molecule has 0 aliphatic heterocycles. The van der Waals surface area contributed by atoms with Gasteiger partial charge in [0.2, 0.25) is 17.7 Å². The van der Waals surface area contributed by atoms with Gasteiger partial charge in [-0.25, -0.2) is 9.59 Å². The Hall–Kier alpha value is -2.58. The molecule has 0 bridgehead atoms. The van der Waals surface area contributed by atoms with Gasteiger partial charge >= 0.3 is 11.9 Å². The number of carboxylic acids is 2. The summed E-state index contributed by atoms with van der Waals surface area (Å²) in [4.78, 5) is 68.2. The van der Waals surface area contributed by atoms with Gasteiger partial charge in [-0.05, 0) is 32.1 Å². The zero-order chi connectivity index (χ0) is 27.3. The maximum atomic E-state index is 11.9. The number of ether oxygens (including phenoxy) is 2. The quantitative estimate of drug-likeness (QED) is 0.0855. The first-order chi connectivity index (χ1) is 17.1. The van der Waals surface area contributed by atoms with Gasteiger partial charge in [0, 0.05) is 32.9 Å². The summed E-state index contributed by atoms with van der Waals surface area (Å²) in [5.74, 6) is -3.69. The Kier molecular flexibility index (Phi) is 19.1. The first-order valence-electron chi connectivity index (χ1n) is 11.6. The van der Waals surface area contributed by atoms with E-state index in [0.29, 0.717) is 25.8 Å². The van der Waals surface area contributed by atoms with Crippen LogP contribution in [0.3, 0.4) is 0 Å². The van der Waals surface area contributed by atoms with Gasteiger partial charge in [-0.1, -0.05) is 15.9 Å². The monoisotopic (exact) mass is 581 g/mol. The van der Waals surface area contributed by atoms with E-state index in [1.165, 1.54) is 6.92 Å². The van der Waals surface area contributed by atoms with Crippen LogP contribution < -0.4 is 16.0 Å². The second kappa shape index (κ2) is 20.6. The van der Waals surface area contributed by atoms with Crippen LogP contribution in [0.5, 0.6) is 0 Å². The number of aliphatic carboxylic acids is 2. The average molecular weight is 582 g/mol. The average Bonchev–Trinajstić information content (AvgIpc) is 2.81. The van der Waals surface area contributed by atoms with Gasteiger partial charge in [-0.3, -0.25) is 19.2 Å². The van der Waals surface area contributed by atoms with E-state index in [-0.39, 0.29) is 69.1 Å². The molecule has 0 aliphatic rings. The standard InChI is InChI=1S/C22H36BrN3O10/c1-15(27)25-18(22(33)34)8-7-16(28)5-4-10-35-11-12-36-14-20(30)26-17(21(31)32)6-2-3-9-24-19(29)13-23/h17-18H,2-14H2,1H3,(H,24,29)(H,25,27)(H,26,30)(H,31,32)(H,33,34). The molecule has 13 nitrogen and oxygen atoms in total. The second-order valence-electron chi connectivity index (χ2n) is 7.87. The van der Waals surface area contributed by atoms with Crippen LogP contribution in [-0.4, -0.2) is 96.0 Å². The molecule has 36 heavy (non-hydrogen) atoms. The predicted octanol–water partition coefficient (Wildman–Crippen LogP) is -0.0108. The van der Waals surface area contributed by atoms with E-state index in [1.807, 2.05) is 0 Å². The van der Waals surface area contributed by atoms with Crippen molar-refractivity contribution in [2.24, 2.45) is 0 Å². The van der Waals surface area contributed by atoms with Crippen LogP contribution in [0.2, 0.25) is 0 Å². The van der Waals surface area contributed by atoms with Crippen molar-refractivity contribution in [3.8, 4) is 0 Å². The Morgan fingerprint density at radius 2 is 1.42 bits per heavy atom. The van der Waals surface area contributed by atoms with Gasteiger partial charge in [0.25, 0.3) is 0 Å². The van der Waals surface area contributed by atoms with Crippen LogP contribution in [0.4, 0.5) is 0 Å². The van der Waals surface area contributed by atoms with Crippen molar-refractivity contribution in [1.82, 2.24) is 16.0 Å². The number of halogens is 1. The number of rotatable bonds is 22. The highest BCUT2D eigenvalue weighted by atomic mass is 79.9. The fraction of sp³-hybridized carbons (Fsp3) is 0.727. The van der Waals surface area contributed by atoms with Crippen molar-refractivity contribution in [2.75, 3.05) is 38.3 Å². The predicted molar refractivity (Wildman–Crippen MR) is 131 cm³/mol. The first kappa shape index (κ1) is 33.4. The van der Waals surface area contributed by atoms with Crippen molar-refractivity contribution in [2.45, 2.75) is 64.0 Å². The molecule has 5 N–H and O–H groups in total. The molecule has 14 heteroatoms. The molecular weight excluding hydrogens is 546 g/mol. The molecule has 0 aromatic heterocycles. The molecule has 0 aromatic carbocycles. The summed E-state index contributed by atoms with van der Waals surface area (Å²) in [6.45, 7) is 1.85. The lowest BCUT2D eigenvalue weighted by molar-refractivity contribution is -0.143. The van der Waals surface area contributed by atoms with E-state index in [4.69, 9.17) is 14.6 Å². The maximum absolute atomic E-state index is 11.9. The highest BCUT2D eigenvalue weighted by Crippen LogP contribution is 2.04. The molecule has 0 radical (unpaired) electrons. The molecule has 3 amide bonds. The minimum Gasteiger partial charge on any atom is -0.480 e. The highest BCUT2D eigenvalue weighted by molar-refractivity contribution is 9.09. The lowest BCUT2D eigenvalue weighted by Crippen LogP contribution is -2.42. The Bertz CT molecular complexity index is 735. The summed E-state index contributed by atoms with van der Waals surface area (Å²) in [6, 6.07) is -2.15. The number of carbonyl (C=O) groups is 6. The van der Waals surface area contributed by atoms with Crippen LogP contribution in [0.25, 0.3) is 0 Å². The number of hydrogen-bond donors (Lipinski definition) is 5. The van der Waals surface area contributed by atoms with Gasteiger partial charge in [-0.2, -0.15) is 0 Å². The minimum absolute atomic E-state index is 0.0167.